The number of morpholine rings is 1. The molecule has 1 atom stereocenters. The minimum Gasteiger partial charge on any atom is -0.468 e. The van der Waals surface area contributed by atoms with E-state index in [1.54, 1.807) is 6.08 Å². The first-order valence-electron chi connectivity index (χ1n) is 6.60. The van der Waals surface area contributed by atoms with Crippen molar-refractivity contribution < 1.29 is 19.1 Å². The van der Waals surface area contributed by atoms with Gasteiger partial charge in [-0.15, -0.1) is 0 Å². The molecule has 1 aliphatic carbocycles. The summed E-state index contributed by atoms with van der Waals surface area (Å²) in [4.78, 5) is 26.2. The average molecular weight is 267 g/mol. The molecule has 0 amide bonds. The van der Waals surface area contributed by atoms with Gasteiger partial charge in [0.2, 0.25) is 0 Å². The predicted octanol–water partition coefficient (Wildman–Crippen LogP) is 0.991. The molecular weight excluding hydrogens is 246 g/mol. The zero-order valence-corrected chi connectivity index (χ0v) is 11.8. The molecule has 0 aromatic rings. The summed E-state index contributed by atoms with van der Waals surface area (Å²) in [7, 11) is 1.33. The highest BCUT2D eigenvalue weighted by atomic mass is 16.5. The summed E-state index contributed by atoms with van der Waals surface area (Å²) in [5.74, 6) is -1.28. The molecule has 5 nitrogen and oxygen atoms in total. The Morgan fingerprint density at radius 2 is 2.05 bits per heavy atom. The van der Waals surface area contributed by atoms with E-state index in [1.807, 2.05) is 13.8 Å². The largest absolute Gasteiger partial charge is 0.468 e. The second-order valence-electron chi connectivity index (χ2n) is 5.76. The number of rotatable bonds is 2. The molecule has 1 fully saturated rings. The fourth-order valence-corrected chi connectivity index (χ4v) is 2.86. The van der Waals surface area contributed by atoms with Crippen molar-refractivity contribution in [2.45, 2.75) is 20.3 Å². The summed E-state index contributed by atoms with van der Waals surface area (Å²) in [6.45, 7) is 6.87. The Morgan fingerprint density at radius 1 is 1.42 bits per heavy atom. The zero-order valence-electron chi connectivity index (χ0n) is 11.8. The Morgan fingerprint density at radius 3 is 2.58 bits per heavy atom. The molecule has 1 saturated heterocycles. The van der Waals surface area contributed by atoms with Gasteiger partial charge in [0, 0.05) is 24.9 Å². The van der Waals surface area contributed by atoms with E-state index in [0.717, 1.165) is 18.8 Å². The number of carbonyl (C=O) groups excluding carboxylic acids is 2. The first-order valence-corrected chi connectivity index (χ1v) is 6.60. The van der Waals surface area contributed by atoms with Crippen molar-refractivity contribution in [2.75, 3.05) is 33.4 Å². The highest BCUT2D eigenvalue weighted by Gasteiger charge is 2.45. The Labute approximate surface area is 113 Å². The molecule has 2 aliphatic rings. The molecule has 0 aromatic heterocycles. The van der Waals surface area contributed by atoms with Gasteiger partial charge in [-0.1, -0.05) is 13.8 Å². The molecule has 0 saturated carbocycles. The molecule has 106 valence electrons. The molecule has 2 rings (SSSR count). The number of hydrogen-bond donors (Lipinski definition) is 0. The van der Waals surface area contributed by atoms with Crippen molar-refractivity contribution >= 4 is 11.8 Å². The van der Waals surface area contributed by atoms with E-state index in [0.29, 0.717) is 19.6 Å². The standard InChI is InChI=1S/C14H21NO4/c1-14(2)9-10(15-4-6-19-7-5-15)8-11(16)12(14)13(17)18-3/h8,12H,4-7,9H2,1-3H3/t12-/m1/s1. The van der Waals surface area contributed by atoms with Crippen LogP contribution in [0.5, 0.6) is 0 Å². The SMILES string of the molecule is COC(=O)[C@H]1C(=O)C=C(N2CCOCC2)CC1(C)C. The van der Waals surface area contributed by atoms with E-state index < -0.39 is 17.3 Å². The molecule has 5 heteroatoms. The summed E-state index contributed by atoms with van der Waals surface area (Å²) >= 11 is 0. The number of ketones is 1. The maximum Gasteiger partial charge on any atom is 0.317 e. The van der Waals surface area contributed by atoms with E-state index in [2.05, 4.69) is 4.90 Å². The molecule has 19 heavy (non-hydrogen) atoms. The highest BCUT2D eigenvalue weighted by molar-refractivity contribution is 6.06. The van der Waals surface area contributed by atoms with Crippen molar-refractivity contribution in [1.29, 1.82) is 0 Å². The first kappa shape index (κ1) is 14.1. The van der Waals surface area contributed by atoms with Crippen LogP contribution in [0.25, 0.3) is 0 Å². The van der Waals surface area contributed by atoms with E-state index in [9.17, 15) is 9.59 Å². The fraction of sp³-hybridized carbons (Fsp3) is 0.714. The number of ether oxygens (including phenoxy) is 2. The summed E-state index contributed by atoms with van der Waals surface area (Å²) in [6.07, 6.45) is 2.32. The summed E-state index contributed by atoms with van der Waals surface area (Å²) < 4.78 is 10.1. The third-order valence-electron chi connectivity index (χ3n) is 3.87. The number of carbonyl (C=O) groups is 2. The lowest BCUT2D eigenvalue weighted by molar-refractivity contribution is -0.153. The Hall–Kier alpha value is -1.36. The van der Waals surface area contributed by atoms with E-state index in [1.165, 1.54) is 7.11 Å². The third-order valence-corrected chi connectivity index (χ3v) is 3.87. The van der Waals surface area contributed by atoms with Gasteiger partial charge in [0.15, 0.2) is 5.78 Å². The lowest BCUT2D eigenvalue weighted by atomic mass is 9.69. The van der Waals surface area contributed by atoms with Crippen LogP contribution in [0.3, 0.4) is 0 Å². The molecule has 0 radical (unpaired) electrons. The van der Waals surface area contributed by atoms with E-state index >= 15 is 0 Å². The van der Waals surface area contributed by atoms with Gasteiger partial charge < -0.3 is 14.4 Å². The van der Waals surface area contributed by atoms with Crippen molar-refractivity contribution in [3.05, 3.63) is 11.8 Å². The van der Waals surface area contributed by atoms with Gasteiger partial charge in [-0.25, -0.2) is 0 Å². The summed E-state index contributed by atoms with van der Waals surface area (Å²) in [5, 5.41) is 0. The molecular formula is C14H21NO4. The van der Waals surface area contributed by atoms with E-state index in [-0.39, 0.29) is 5.78 Å². The Kier molecular flexibility index (Phi) is 3.94. The predicted molar refractivity (Wildman–Crippen MR) is 69.4 cm³/mol. The minimum atomic E-state index is -0.692. The van der Waals surface area contributed by atoms with Gasteiger partial charge in [0.25, 0.3) is 0 Å². The van der Waals surface area contributed by atoms with Gasteiger partial charge in [-0.05, 0) is 11.8 Å². The quantitative estimate of drug-likeness (QED) is 0.551. The lowest BCUT2D eigenvalue weighted by Crippen LogP contribution is -2.45. The van der Waals surface area contributed by atoms with Crippen LogP contribution < -0.4 is 0 Å². The maximum absolute atomic E-state index is 12.2. The van der Waals surface area contributed by atoms with Crippen LogP contribution in [-0.4, -0.2) is 50.1 Å². The normalized spacial score (nSPS) is 26.9. The maximum atomic E-state index is 12.2. The third kappa shape index (κ3) is 2.81. The second-order valence-corrected chi connectivity index (χ2v) is 5.76. The number of nitrogens with zero attached hydrogens (tertiary/aromatic N) is 1. The van der Waals surface area contributed by atoms with E-state index in [4.69, 9.17) is 9.47 Å². The Balaban J connectivity index is 2.21. The van der Waals surface area contributed by atoms with Crippen LogP contribution in [-0.2, 0) is 19.1 Å². The fourth-order valence-electron chi connectivity index (χ4n) is 2.86. The smallest absolute Gasteiger partial charge is 0.317 e. The van der Waals surface area contributed by atoms with Crippen LogP contribution in [0.15, 0.2) is 11.8 Å². The number of allylic oxidation sites excluding steroid dienone is 2. The molecule has 0 bridgehead atoms. The highest BCUT2D eigenvalue weighted by Crippen LogP contribution is 2.40. The molecule has 0 spiro atoms. The molecule has 1 aliphatic heterocycles. The number of esters is 1. The number of methoxy groups -OCH3 is 1. The lowest BCUT2D eigenvalue weighted by Gasteiger charge is -2.40. The van der Waals surface area contributed by atoms with Crippen molar-refractivity contribution in [1.82, 2.24) is 4.90 Å². The van der Waals surface area contributed by atoms with Gasteiger partial charge in [-0.2, -0.15) is 0 Å². The number of hydrogen-bond acceptors (Lipinski definition) is 5. The van der Waals surface area contributed by atoms with Gasteiger partial charge in [0.05, 0.1) is 20.3 Å². The van der Waals surface area contributed by atoms with Crippen LogP contribution in [0, 0.1) is 11.3 Å². The van der Waals surface area contributed by atoms with Gasteiger partial charge in [0.1, 0.15) is 5.92 Å². The zero-order chi connectivity index (χ0) is 14.0. The first-order chi connectivity index (χ1) is 8.95. The average Bonchev–Trinajstić information content (AvgIpc) is 2.37. The van der Waals surface area contributed by atoms with Crippen LogP contribution >= 0.6 is 0 Å². The molecule has 0 aromatic carbocycles. The van der Waals surface area contributed by atoms with Crippen molar-refractivity contribution in [3.63, 3.8) is 0 Å². The second kappa shape index (κ2) is 5.33. The summed E-state index contributed by atoms with van der Waals surface area (Å²) in [5.41, 5.74) is 0.602. The van der Waals surface area contributed by atoms with Crippen LogP contribution in [0.2, 0.25) is 0 Å². The van der Waals surface area contributed by atoms with Crippen LogP contribution in [0.4, 0.5) is 0 Å². The minimum absolute atomic E-state index is 0.149. The topological polar surface area (TPSA) is 55.8 Å². The van der Waals surface area contributed by atoms with Gasteiger partial charge in [-0.3, -0.25) is 9.59 Å². The van der Waals surface area contributed by atoms with Crippen molar-refractivity contribution in [2.24, 2.45) is 11.3 Å². The van der Waals surface area contributed by atoms with Crippen LogP contribution in [0.1, 0.15) is 20.3 Å². The summed E-state index contributed by atoms with van der Waals surface area (Å²) in [6, 6.07) is 0. The van der Waals surface area contributed by atoms with Crippen molar-refractivity contribution in [3.8, 4) is 0 Å². The molecule has 0 N–H and O–H groups in total. The Bertz CT molecular complexity index is 408. The molecule has 1 heterocycles. The monoisotopic (exact) mass is 267 g/mol. The van der Waals surface area contributed by atoms with Gasteiger partial charge >= 0.3 is 5.97 Å². The molecule has 0 unspecified atom stereocenters.